The number of aromatic nitrogens is 2. The van der Waals surface area contributed by atoms with Gasteiger partial charge in [0.15, 0.2) is 0 Å². The predicted octanol–water partition coefficient (Wildman–Crippen LogP) is 1.63. The summed E-state index contributed by atoms with van der Waals surface area (Å²) in [6.45, 7) is 0. The van der Waals surface area contributed by atoms with Gasteiger partial charge in [0.05, 0.1) is 6.10 Å². The van der Waals surface area contributed by atoms with Crippen molar-refractivity contribution in [3.05, 3.63) is 54.0 Å². The van der Waals surface area contributed by atoms with Crippen molar-refractivity contribution >= 4 is 11.7 Å². The Labute approximate surface area is 141 Å². The van der Waals surface area contributed by atoms with Crippen LogP contribution in [0, 0.1) is 5.92 Å². The summed E-state index contributed by atoms with van der Waals surface area (Å²) in [5, 5.41) is 15.7. The van der Waals surface area contributed by atoms with Crippen LogP contribution in [0.4, 0.5) is 5.82 Å². The molecule has 0 aromatic carbocycles. The van der Waals surface area contributed by atoms with Gasteiger partial charge in [0.25, 0.3) is 5.91 Å². The maximum atomic E-state index is 12.6. The Kier molecular flexibility index (Phi) is 5.05. The van der Waals surface area contributed by atoms with E-state index in [1.807, 2.05) is 12.1 Å². The summed E-state index contributed by atoms with van der Waals surface area (Å²) < 4.78 is 0. The third-order valence-electron chi connectivity index (χ3n) is 4.52. The predicted molar refractivity (Wildman–Crippen MR) is 91.7 cm³/mol. The zero-order chi connectivity index (χ0) is 16.9. The first-order valence-corrected chi connectivity index (χ1v) is 8.17. The molecule has 1 fully saturated rings. The lowest BCUT2D eigenvalue weighted by Crippen LogP contribution is -2.48. The van der Waals surface area contributed by atoms with E-state index in [9.17, 15) is 9.90 Å². The topological polar surface area (TPSA) is 87.1 Å². The molecule has 1 aliphatic rings. The number of hydrogen-bond donors (Lipinski definition) is 3. The minimum atomic E-state index is -0.247. The smallest absolute Gasteiger partial charge is 0.251 e. The number of rotatable bonds is 6. The minimum absolute atomic E-state index is 0.00509. The molecule has 6 heteroatoms. The first-order valence-electron chi connectivity index (χ1n) is 8.17. The van der Waals surface area contributed by atoms with Gasteiger partial charge in [-0.25, -0.2) is 4.98 Å². The average Bonchev–Trinajstić information content (AvgIpc) is 2.59. The van der Waals surface area contributed by atoms with Crippen LogP contribution in [0.25, 0.3) is 0 Å². The Morgan fingerprint density at radius 1 is 1.29 bits per heavy atom. The molecule has 2 heterocycles. The largest absolute Gasteiger partial charge is 0.393 e. The molecule has 1 aliphatic carbocycles. The maximum Gasteiger partial charge on any atom is 0.251 e. The standard InChI is InChI=1S/C18H22N4O2/c1-19-17-11-13(4-7-21-17)18(24)22-16(14-9-15(23)10-14)8-12-2-5-20-6-3-12/h2-7,11,14-16,23H,8-10H2,1H3,(H,19,21)(H,22,24)/t14?,15?,16-/m1/s1. The highest BCUT2D eigenvalue weighted by molar-refractivity contribution is 5.95. The van der Waals surface area contributed by atoms with Crippen molar-refractivity contribution in [2.24, 2.45) is 5.92 Å². The van der Waals surface area contributed by atoms with Crippen LogP contribution in [-0.2, 0) is 6.42 Å². The van der Waals surface area contributed by atoms with Crippen molar-refractivity contribution in [3.8, 4) is 0 Å². The van der Waals surface area contributed by atoms with E-state index < -0.39 is 0 Å². The number of nitrogens with one attached hydrogen (secondary N) is 2. The van der Waals surface area contributed by atoms with Gasteiger partial charge in [0.2, 0.25) is 0 Å². The summed E-state index contributed by atoms with van der Waals surface area (Å²) in [5.41, 5.74) is 1.70. The van der Waals surface area contributed by atoms with Crippen molar-refractivity contribution in [2.75, 3.05) is 12.4 Å². The third-order valence-corrected chi connectivity index (χ3v) is 4.52. The van der Waals surface area contributed by atoms with Crippen molar-refractivity contribution in [1.82, 2.24) is 15.3 Å². The van der Waals surface area contributed by atoms with Gasteiger partial charge in [-0.2, -0.15) is 0 Å². The second-order valence-electron chi connectivity index (χ2n) is 6.20. The first-order chi connectivity index (χ1) is 11.7. The van der Waals surface area contributed by atoms with Crippen LogP contribution in [0.1, 0.15) is 28.8 Å². The van der Waals surface area contributed by atoms with Crippen LogP contribution in [-0.4, -0.2) is 40.2 Å². The molecule has 126 valence electrons. The Morgan fingerprint density at radius 3 is 2.71 bits per heavy atom. The fourth-order valence-corrected chi connectivity index (χ4v) is 3.03. The van der Waals surface area contributed by atoms with E-state index in [0.29, 0.717) is 17.3 Å². The van der Waals surface area contributed by atoms with Gasteiger partial charge < -0.3 is 15.7 Å². The molecule has 1 atom stereocenters. The summed E-state index contributed by atoms with van der Waals surface area (Å²) in [6, 6.07) is 7.35. The van der Waals surface area contributed by atoms with E-state index in [1.54, 1.807) is 37.8 Å². The molecule has 2 aromatic heterocycles. The molecule has 1 amide bonds. The summed E-state index contributed by atoms with van der Waals surface area (Å²) >= 11 is 0. The lowest BCUT2D eigenvalue weighted by Gasteiger charge is -2.38. The molecule has 24 heavy (non-hydrogen) atoms. The minimum Gasteiger partial charge on any atom is -0.393 e. The molecule has 0 aliphatic heterocycles. The monoisotopic (exact) mass is 326 g/mol. The summed E-state index contributed by atoms with van der Waals surface area (Å²) in [6.07, 6.45) is 7.07. The second-order valence-corrected chi connectivity index (χ2v) is 6.20. The van der Waals surface area contributed by atoms with Gasteiger partial charge in [-0.05, 0) is 55.0 Å². The molecular weight excluding hydrogens is 304 g/mol. The molecule has 3 rings (SSSR count). The molecule has 0 radical (unpaired) electrons. The number of pyridine rings is 2. The van der Waals surface area contributed by atoms with Crippen molar-refractivity contribution in [2.45, 2.75) is 31.4 Å². The maximum absolute atomic E-state index is 12.6. The molecule has 1 saturated carbocycles. The van der Waals surface area contributed by atoms with Gasteiger partial charge in [-0.3, -0.25) is 9.78 Å². The summed E-state index contributed by atoms with van der Waals surface area (Å²) in [4.78, 5) is 20.8. The molecule has 6 nitrogen and oxygen atoms in total. The van der Waals surface area contributed by atoms with E-state index in [2.05, 4.69) is 20.6 Å². The molecular formula is C18H22N4O2. The van der Waals surface area contributed by atoms with E-state index in [-0.39, 0.29) is 18.1 Å². The van der Waals surface area contributed by atoms with E-state index in [4.69, 9.17) is 0 Å². The van der Waals surface area contributed by atoms with E-state index in [0.717, 1.165) is 24.8 Å². The highest BCUT2D eigenvalue weighted by Gasteiger charge is 2.34. The second kappa shape index (κ2) is 7.40. The number of aliphatic hydroxyl groups is 1. The third kappa shape index (κ3) is 3.89. The fourth-order valence-electron chi connectivity index (χ4n) is 3.03. The van der Waals surface area contributed by atoms with Crippen LogP contribution in [0.2, 0.25) is 0 Å². The Bertz CT molecular complexity index is 686. The molecule has 0 spiro atoms. The van der Waals surface area contributed by atoms with E-state index >= 15 is 0 Å². The number of hydrogen-bond acceptors (Lipinski definition) is 5. The van der Waals surface area contributed by atoms with Crippen molar-refractivity contribution in [1.29, 1.82) is 0 Å². The summed E-state index contributed by atoms with van der Waals surface area (Å²) in [7, 11) is 1.77. The van der Waals surface area contributed by atoms with Crippen LogP contribution in [0.3, 0.4) is 0 Å². The van der Waals surface area contributed by atoms with Gasteiger partial charge in [0, 0.05) is 37.2 Å². The Morgan fingerprint density at radius 2 is 2.04 bits per heavy atom. The van der Waals surface area contributed by atoms with Gasteiger partial charge >= 0.3 is 0 Å². The molecule has 3 N–H and O–H groups in total. The summed E-state index contributed by atoms with van der Waals surface area (Å²) in [5.74, 6) is 0.837. The number of amides is 1. The van der Waals surface area contributed by atoms with Gasteiger partial charge in [-0.1, -0.05) is 0 Å². The van der Waals surface area contributed by atoms with Gasteiger partial charge in [0.1, 0.15) is 5.82 Å². The first kappa shape index (κ1) is 16.4. The van der Waals surface area contributed by atoms with Crippen LogP contribution < -0.4 is 10.6 Å². The molecule has 0 saturated heterocycles. The van der Waals surface area contributed by atoms with E-state index in [1.165, 1.54) is 0 Å². The quantitative estimate of drug-likeness (QED) is 0.751. The average molecular weight is 326 g/mol. The van der Waals surface area contributed by atoms with Crippen LogP contribution in [0.15, 0.2) is 42.9 Å². The fraction of sp³-hybridized carbons (Fsp3) is 0.389. The van der Waals surface area contributed by atoms with Gasteiger partial charge in [-0.15, -0.1) is 0 Å². The SMILES string of the molecule is CNc1cc(C(=O)N[C@H](Cc2ccncc2)C2CC(O)C2)ccn1. The number of anilines is 1. The van der Waals surface area contributed by atoms with Crippen LogP contribution >= 0.6 is 0 Å². The van der Waals surface area contributed by atoms with Crippen molar-refractivity contribution in [3.63, 3.8) is 0 Å². The lowest BCUT2D eigenvalue weighted by molar-refractivity contribution is 0.0239. The zero-order valence-corrected chi connectivity index (χ0v) is 13.6. The lowest BCUT2D eigenvalue weighted by atomic mass is 9.75. The van der Waals surface area contributed by atoms with Crippen molar-refractivity contribution < 1.29 is 9.90 Å². The van der Waals surface area contributed by atoms with Crippen LogP contribution in [0.5, 0.6) is 0 Å². The zero-order valence-electron chi connectivity index (χ0n) is 13.6. The number of carbonyl (C=O) groups excluding carboxylic acids is 1. The molecule has 0 unspecified atom stereocenters. The highest BCUT2D eigenvalue weighted by Crippen LogP contribution is 2.31. The normalized spacial score (nSPS) is 20.8. The number of aliphatic hydroxyl groups excluding tert-OH is 1. The molecule has 2 aromatic rings. The Hall–Kier alpha value is -2.47. The Balaban J connectivity index is 1.72. The number of nitrogens with zero attached hydrogens (tertiary/aromatic N) is 2. The number of carbonyl (C=O) groups is 1. The highest BCUT2D eigenvalue weighted by atomic mass is 16.3. The molecule has 0 bridgehead atoms.